The minimum atomic E-state index is 0.237. The molecule has 4 rings (SSSR count). The minimum absolute atomic E-state index is 0.237. The number of H-pyrrole nitrogens is 1. The van der Waals surface area contributed by atoms with Gasteiger partial charge < -0.3 is 10.3 Å². The fraction of sp³-hybridized carbons (Fsp3) is 0.105. The summed E-state index contributed by atoms with van der Waals surface area (Å²) in [6, 6.07) is 21.1. The number of fused-ring (bicyclic) bond motifs is 3. The summed E-state index contributed by atoms with van der Waals surface area (Å²) in [5.41, 5.74) is 4.42. The van der Waals surface area contributed by atoms with E-state index in [0.717, 1.165) is 22.2 Å². The molecule has 0 spiro atoms. The molecule has 0 amide bonds. The molecular formula is C19H17N3. The Morgan fingerprint density at radius 3 is 2.59 bits per heavy atom. The molecule has 4 aromatic rings. The second kappa shape index (κ2) is 5.19. The third kappa shape index (κ3) is 2.11. The lowest BCUT2D eigenvalue weighted by Crippen LogP contribution is -2.06. The Bertz CT molecular complexity index is 925. The monoisotopic (exact) mass is 287 g/mol. The van der Waals surface area contributed by atoms with E-state index in [0.29, 0.717) is 0 Å². The van der Waals surface area contributed by atoms with Gasteiger partial charge in [0.2, 0.25) is 0 Å². The summed E-state index contributed by atoms with van der Waals surface area (Å²) >= 11 is 0. The van der Waals surface area contributed by atoms with Crippen molar-refractivity contribution in [2.24, 2.45) is 0 Å². The predicted octanol–water partition coefficient (Wildman–Crippen LogP) is 4.89. The van der Waals surface area contributed by atoms with E-state index >= 15 is 0 Å². The van der Waals surface area contributed by atoms with E-state index in [1.807, 2.05) is 24.4 Å². The normalized spacial score (nSPS) is 12.6. The number of aromatic amines is 1. The van der Waals surface area contributed by atoms with Crippen molar-refractivity contribution in [3.8, 4) is 0 Å². The van der Waals surface area contributed by atoms with Crippen molar-refractivity contribution in [3.05, 3.63) is 72.4 Å². The molecule has 108 valence electrons. The van der Waals surface area contributed by atoms with Gasteiger partial charge in [-0.25, -0.2) is 4.98 Å². The van der Waals surface area contributed by atoms with Gasteiger partial charge in [0.25, 0.3) is 0 Å². The van der Waals surface area contributed by atoms with E-state index in [1.54, 1.807) is 0 Å². The van der Waals surface area contributed by atoms with Crippen molar-refractivity contribution < 1.29 is 0 Å². The summed E-state index contributed by atoms with van der Waals surface area (Å²) in [6.45, 7) is 2.18. The van der Waals surface area contributed by atoms with Crippen molar-refractivity contribution in [1.29, 1.82) is 0 Å². The number of pyridine rings is 1. The second-order valence-corrected chi connectivity index (χ2v) is 5.53. The molecule has 0 unspecified atom stereocenters. The van der Waals surface area contributed by atoms with Crippen molar-refractivity contribution >= 4 is 27.6 Å². The number of hydrogen-bond acceptors (Lipinski definition) is 2. The molecule has 0 bridgehead atoms. The first kappa shape index (κ1) is 12.9. The molecule has 3 heteroatoms. The van der Waals surface area contributed by atoms with Crippen molar-refractivity contribution in [2.45, 2.75) is 13.0 Å². The highest BCUT2D eigenvalue weighted by Crippen LogP contribution is 2.32. The van der Waals surface area contributed by atoms with Gasteiger partial charge in [-0.1, -0.05) is 48.5 Å². The maximum Gasteiger partial charge on any atom is 0.140 e. The van der Waals surface area contributed by atoms with Crippen LogP contribution in [0.4, 0.5) is 5.69 Å². The molecule has 1 atom stereocenters. The number of nitrogens with zero attached hydrogens (tertiary/aromatic N) is 1. The van der Waals surface area contributed by atoms with E-state index in [1.165, 1.54) is 10.9 Å². The van der Waals surface area contributed by atoms with Crippen LogP contribution in [0.25, 0.3) is 21.9 Å². The lowest BCUT2D eigenvalue weighted by Gasteiger charge is -2.16. The van der Waals surface area contributed by atoms with Crippen LogP contribution in [0.15, 0.2) is 66.9 Å². The van der Waals surface area contributed by atoms with Gasteiger partial charge >= 0.3 is 0 Å². The lowest BCUT2D eigenvalue weighted by atomic mass is 10.1. The highest BCUT2D eigenvalue weighted by atomic mass is 14.9. The molecule has 2 N–H and O–H groups in total. The lowest BCUT2D eigenvalue weighted by molar-refractivity contribution is 0.886. The molecule has 0 fully saturated rings. The molecule has 0 aliphatic heterocycles. The molecule has 2 aromatic carbocycles. The topological polar surface area (TPSA) is 40.7 Å². The Morgan fingerprint density at radius 2 is 1.73 bits per heavy atom. The van der Waals surface area contributed by atoms with Crippen molar-refractivity contribution in [3.63, 3.8) is 0 Å². The van der Waals surface area contributed by atoms with Crippen LogP contribution in [0.2, 0.25) is 0 Å². The molecule has 3 nitrogen and oxygen atoms in total. The van der Waals surface area contributed by atoms with Gasteiger partial charge in [0, 0.05) is 34.2 Å². The molecule has 0 aliphatic carbocycles. The second-order valence-electron chi connectivity index (χ2n) is 5.53. The van der Waals surface area contributed by atoms with Gasteiger partial charge in [-0.2, -0.15) is 0 Å². The zero-order chi connectivity index (χ0) is 14.9. The Morgan fingerprint density at radius 1 is 0.955 bits per heavy atom. The first-order chi connectivity index (χ1) is 10.8. The van der Waals surface area contributed by atoms with Crippen LogP contribution < -0.4 is 5.32 Å². The number of hydrogen-bond donors (Lipinski definition) is 2. The third-order valence-corrected chi connectivity index (χ3v) is 4.07. The highest BCUT2D eigenvalue weighted by molar-refractivity contribution is 6.11. The molecular weight excluding hydrogens is 270 g/mol. The Balaban J connectivity index is 1.81. The van der Waals surface area contributed by atoms with E-state index in [9.17, 15) is 0 Å². The minimum Gasteiger partial charge on any atom is -0.378 e. The van der Waals surface area contributed by atoms with Gasteiger partial charge in [0.05, 0.1) is 0 Å². The van der Waals surface area contributed by atoms with Crippen LogP contribution in [-0.2, 0) is 0 Å². The molecule has 0 aliphatic rings. The molecule has 2 aromatic heterocycles. The Kier molecular flexibility index (Phi) is 3.04. The summed E-state index contributed by atoms with van der Waals surface area (Å²) in [5, 5.41) is 5.98. The summed E-state index contributed by atoms with van der Waals surface area (Å²) in [4.78, 5) is 7.84. The van der Waals surface area contributed by atoms with Crippen molar-refractivity contribution in [1.82, 2.24) is 9.97 Å². The number of nitrogens with one attached hydrogen (secondary N) is 2. The largest absolute Gasteiger partial charge is 0.378 e. The molecule has 22 heavy (non-hydrogen) atoms. The van der Waals surface area contributed by atoms with Crippen molar-refractivity contribution in [2.75, 3.05) is 5.32 Å². The van der Waals surface area contributed by atoms with Crippen LogP contribution in [0, 0.1) is 0 Å². The maximum atomic E-state index is 4.46. The van der Waals surface area contributed by atoms with E-state index in [4.69, 9.17) is 0 Å². The average molecular weight is 287 g/mol. The van der Waals surface area contributed by atoms with E-state index in [2.05, 4.69) is 64.7 Å². The summed E-state index contributed by atoms with van der Waals surface area (Å²) in [6.07, 6.45) is 1.84. The molecule has 0 saturated carbocycles. The fourth-order valence-corrected chi connectivity index (χ4v) is 2.95. The van der Waals surface area contributed by atoms with Gasteiger partial charge in [0.15, 0.2) is 0 Å². The fourth-order valence-electron chi connectivity index (χ4n) is 2.95. The van der Waals surface area contributed by atoms with Gasteiger partial charge in [-0.05, 0) is 24.6 Å². The standard InChI is InChI=1S/C19H17N3/c1-13(14-7-3-2-4-8-14)21-17-11-12-20-19-18(17)15-9-5-6-10-16(15)22-19/h2-13H,1H3,(H2,20,21,22)/t13-/m0/s1. The molecule has 0 radical (unpaired) electrons. The summed E-state index contributed by atoms with van der Waals surface area (Å²) < 4.78 is 0. The SMILES string of the molecule is C[C@H](Nc1ccnc2[nH]c3ccccc3c12)c1ccccc1. The zero-order valence-electron chi connectivity index (χ0n) is 12.4. The number of aromatic nitrogens is 2. The van der Waals surface area contributed by atoms with Crippen LogP contribution >= 0.6 is 0 Å². The Hall–Kier alpha value is -2.81. The van der Waals surface area contributed by atoms with Crippen LogP contribution in [0.5, 0.6) is 0 Å². The number of para-hydroxylation sites is 1. The van der Waals surface area contributed by atoms with Gasteiger partial charge in [0.1, 0.15) is 5.65 Å². The van der Waals surface area contributed by atoms with Crippen LogP contribution in [-0.4, -0.2) is 9.97 Å². The zero-order valence-corrected chi connectivity index (χ0v) is 12.4. The van der Waals surface area contributed by atoms with Crippen LogP contribution in [0.1, 0.15) is 18.5 Å². The van der Waals surface area contributed by atoms with Gasteiger partial charge in [-0.3, -0.25) is 0 Å². The summed E-state index contributed by atoms with van der Waals surface area (Å²) in [5.74, 6) is 0. The third-order valence-electron chi connectivity index (χ3n) is 4.07. The summed E-state index contributed by atoms with van der Waals surface area (Å²) in [7, 11) is 0. The first-order valence-electron chi connectivity index (χ1n) is 7.50. The smallest absolute Gasteiger partial charge is 0.140 e. The molecule has 2 heterocycles. The van der Waals surface area contributed by atoms with Crippen LogP contribution in [0.3, 0.4) is 0 Å². The number of benzene rings is 2. The van der Waals surface area contributed by atoms with E-state index < -0.39 is 0 Å². The number of anilines is 1. The maximum absolute atomic E-state index is 4.46. The Labute approximate surface area is 129 Å². The quantitative estimate of drug-likeness (QED) is 0.563. The number of rotatable bonds is 3. The molecule has 0 saturated heterocycles. The van der Waals surface area contributed by atoms with Gasteiger partial charge in [-0.15, -0.1) is 0 Å². The highest BCUT2D eigenvalue weighted by Gasteiger charge is 2.11. The predicted molar refractivity (Wildman–Crippen MR) is 92.1 cm³/mol. The first-order valence-corrected chi connectivity index (χ1v) is 7.50. The van der Waals surface area contributed by atoms with E-state index in [-0.39, 0.29) is 6.04 Å². The average Bonchev–Trinajstić information content (AvgIpc) is 2.95.